The third kappa shape index (κ3) is 4.12. The van der Waals surface area contributed by atoms with E-state index in [2.05, 4.69) is 24.3 Å². The average Bonchev–Trinajstić information content (AvgIpc) is 2.75. The maximum absolute atomic E-state index is 14.8. The van der Waals surface area contributed by atoms with Gasteiger partial charge in [0.1, 0.15) is 5.82 Å². The van der Waals surface area contributed by atoms with E-state index in [0.717, 1.165) is 22.6 Å². The Labute approximate surface area is 171 Å². The highest BCUT2D eigenvalue weighted by Gasteiger charge is 2.21. The van der Waals surface area contributed by atoms with Gasteiger partial charge in [-0.1, -0.05) is 85.1 Å². The van der Waals surface area contributed by atoms with Crippen molar-refractivity contribution in [3.05, 3.63) is 83.7 Å². The lowest BCUT2D eigenvalue weighted by Crippen LogP contribution is -2.12. The zero-order valence-electron chi connectivity index (χ0n) is 16.9. The summed E-state index contributed by atoms with van der Waals surface area (Å²) in [6.45, 7) is 2.05. The molecule has 0 radical (unpaired) electrons. The largest absolute Gasteiger partial charge is 0.206 e. The van der Waals surface area contributed by atoms with Crippen LogP contribution in [0.3, 0.4) is 0 Å². The highest BCUT2D eigenvalue weighted by atomic mass is 28.1. The Balaban J connectivity index is 1.51. The van der Waals surface area contributed by atoms with Crippen LogP contribution in [0.2, 0.25) is 6.04 Å². The topological polar surface area (TPSA) is 0 Å². The van der Waals surface area contributed by atoms with Gasteiger partial charge in [0.2, 0.25) is 0 Å². The molecule has 0 unspecified atom stereocenters. The first-order valence-corrected chi connectivity index (χ1v) is 12.0. The van der Waals surface area contributed by atoms with Crippen LogP contribution < -0.4 is 0 Å². The predicted octanol–water partition coefficient (Wildman–Crippen LogP) is 6.53. The van der Waals surface area contributed by atoms with E-state index in [1.807, 2.05) is 43.3 Å². The fraction of sp³-hybridized carbons (Fsp3) is 0.308. The first kappa shape index (κ1) is 19.1. The Morgan fingerprint density at radius 2 is 1.39 bits per heavy atom. The lowest BCUT2D eigenvalue weighted by Gasteiger charge is -2.28. The molecule has 4 rings (SSSR count). The van der Waals surface area contributed by atoms with Crippen molar-refractivity contribution in [1.29, 1.82) is 0 Å². The standard InChI is InChI=1S/C26H29FSi/c1-18-2-6-23(7-3-18)25-15-14-24(16-26(25)27)22-12-10-21(11-13-22)20-8-4-19(17-28)5-9-20/h2-3,6-7,10-16,19-20H,4-5,8-9,17H2,1,28H3. The Hall–Kier alpha value is -2.19. The molecule has 0 saturated heterocycles. The highest BCUT2D eigenvalue weighted by Crippen LogP contribution is 2.37. The molecule has 0 amide bonds. The van der Waals surface area contributed by atoms with Gasteiger partial charge in [-0.25, -0.2) is 4.39 Å². The van der Waals surface area contributed by atoms with E-state index in [0.29, 0.717) is 11.5 Å². The summed E-state index contributed by atoms with van der Waals surface area (Å²) >= 11 is 0. The molecule has 1 fully saturated rings. The third-order valence-corrected chi connectivity index (χ3v) is 7.63. The molecular weight excluding hydrogens is 359 g/mol. The molecule has 2 heteroatoms. The Kier molecular flexibility index (Phi) is 5.77. The molecule has 0 nitrogen and oxygen atoms in total. The molecular formula is C26H29FSi. The average molecular weight is 389 g/mol. The number of halogens is 1. The lowest BCUT2D eigenvalue weighted by atomic mass is 9.79. The van der Waals surface area contributed by atoms with Crippen LogP contribution in [0, 0.1) is 18.7 Å². The minimum absolute atomic E-state index is 0.160. The van der Waals surface area contributed by atoms with Crippen LogP contribution in [0.1, 0.15) is 42.7 Å². The maximum atomic E-state index is 14.8. The molecule has 1 aliphatic carbocycles. The van der Waals surface area contributed by atoms with Crippen LogP contribution >= 0.6 is 0 Å². The highest BCUT2D eigenvalue weighted by molar-refractivity contribution is 6.08. The summed E-state index contributed by atoms with van der Waals surface area (Å²) in [5, 5.41) is 0. The van der Waals surface area contributed by atoms with E-state index in [1.165, 1.54) is 53.1 Å². The van der Waals surface area contributed by atoms with E-state index in [-0.39, 0.29) is 5.82 Å². The van der Waals surface area contributed by atoms with Gasteiger partial charge < -0.3 is 0 Å². The molecule has 1 aliphatic rings. The van der Waals surface area contributed by atoms with Crippen molar-refractivity contribution in [2.24, 2.45) is 5.92 Å². The summed E-state index contributed by atoms with van der Waals surface area (Å²) in [5.41, 5.74) is 6.26. The van der Waals surface area contributed by atoms with Crippen molar-refractivity contribution in [2.75, 3.05) is 0 Å². The van der Waals surface area contributed by atoms with Crippen molar-refractivity contribution >= 4 is 10.2 Å². The Morgan fingerprint density at radius 3 is 2.00 bits per heavy atom. The number of hydrogen-bond acceptors (Lipinski definition) is 0. The van der Waals surface area contributed by atoms with E-state index in [9.17, 15) is 4.39 Å². The second kappa shape index (κ2) is 8.44. The molecule has 28 heavy (non-hydrogen) atoms. The molecule has 3 aromatic rings. The van der Waals surface area contributed by atoms with Crippen molar-refractivity contribution in [3.8, 4) is 22.3 Å². The zero-order chi connectivity index (χ0) is 19.5. The molecule has 3 aromatic carbocycles. The van der Waals surface area contributed by atoms with E-state index in [4.69, 9.17) is 0 Å². The third-order valence-electron chi connectivity index (χ3n) is 6.47. The lowest BCUT2D eigenvalue weighted by molar-refractivity contribution is 0.348. The van der Waals surface area contributed by atoms with Gasteiger partial charge in [0, 0.05) is 15.8 Å². The molecule has 0 aromatic heterocycles. The van der Waals surface area contributed by atoms with Crippen molar-refractivity contribution in [2.45, 2.75) is 44.6 Å². The predicted molar refractivity (Wildman–Crippen MR) is 121 cm³/mol. The number of aryl methyl sites for hydroxylation is 1. The molecule has 0 N–H and O–H groups in total. The fourth-order valence-electron chi connectivity index (χ4n) is 4.51. The van der Waals surface area contributed by atoms with Gasteiger partial charge in [-0.15, -0.1) is 0 Å². The second-order valence-electron chi connectivity index (χ2n) is 8.31. The van der Waals surface area contributed by atoms with Crippen LogP contribution in [-0.4, -0.2) is 10.2 Å². The summed E-state index contributed by atoms with van der Waals surface area (Å²) in [6, 6.07) is 23.9. The maximum Gasteiger partial charge on any atom is 0.131 e. The molecule has 0 atom stereocenters. The second-order valence-corrected chi connectivity index (χ2v) is 9.13. The van der Waals surface area contributed by atoms with E-state index in [1.54, 1.807) is 6.07 Å². The number of benzene rings is 3. The Morgan fingerprint density at radius 1 is 0.786 bits per heavy atom. The SMILES string of the molecule is Cc1ccc(-c2ccc(-c3ccc(C4CCC(C[SiH3])CC4)cc3)cc2F)cc1. The Bertz CT molecular complexity index is 920. The van der Waals surface area contributed by atoms with E-state index < -0.39 is 0 Å². The molecule has 0 bridgehead atoms. The summed E-state index contributed by atoms with van der Waals surface area (Å²) < 4.78 is 14.8. The molecule has 1 saturated carbocycles. The van der Waals surface area contributed by atoms with Crippen molar-refractivity contribution in [3.63, 3.8) is 0 Å². The van der Waals surface area contributed by atoms with Gasteiger partial charge in [-0.2, -0.15) is 0 Å². The molecule has 0 aliphatic heterocycles. The normalized spacial score (nSPS) is 19.6. The molecule has 0 spiro atoms. The van der Waals surface area contributed by atoms with Gasteiger partial charge in [0.05, 0.1) is 0 Å². The van der Waals surface area contributed by atoms with Crippen LogP contribution in [0.15, 0.2) is 66.7 Å². The minimum atomic E-state index is -0.160. The first-order chi connectivity index (χ1) is 13.6. The summed E-state index contributed by atoms with van der Waals surface area (Å²) in [4.78, 5) is 0. The van der Waals surface area contributed by atoms with Gasteiger partial charge >= 0.3 is 0 Å². The summed E-state index contributed by atoms with van der Waals surface area (Å²) in [6.07, 6.45) is 5.43. The molecule has 144 valence electrons. The fourth-order valence-corrected chi connectivity index (χ4v) is 5.33. The minimum Gasteiger partial charge on any atom is -0.206 e. The molecule has 0 heterocycles. The smallest absolute Gasteiger partial charge is 0.131 e. The number of hydrogen-bond donors (Lipinski definition) is 0. The van der Waals surface area contributed by atoms with Crippen LogP contribution in [-0.2, 0) is 0 Å². The van der Waals surface area contributed by atoms with Crippen LogP contribution in [0.4, 0.5) is 4.39 Å². The van der Waals surface area contributed by atoms with Crippen LogP contribution in [0.5, 0.6) is 0 Å². The van der Waals surface area contributed by atoms with Crippen molar-refractivity contribution in [1.82, 2.24) is 0 Å². The zero-order valence-corrected chi connectivity index (χ0v) is 18.9. The summed E-state index contributed by atoms with van der Waals surface area (Å²) in [7, 11) is 1.34. The quantitative estimate of drug-likeness (QED) is 0.446. The number of rotatable bonds is 4. The van der Waals surface area contributed by atoms with Gasteiger partial charge in [0.25, 0.3) is 0 Å². The van der Waals surface area contributed by atoms with Gasteiger partial charge in [0.15, 0.2) is 0 Å². The van der Waals surface area contributed by atoms with Gasteiger partial charge in [-0.05, 0) is 59.9 Å². The van der Waals surface area contributed by atoms with Gasteiger partial charge in [-0.3, -0.25) is 0 Å². The van der Waals surface area contributed by atoms with Crippen LogP contribution in [0.25, 0.3) is 22.3 Å². The summed E-state index contributed by atoms with van der Waals surface area (Å²) in [5.74, 6) is 1.53. The first-order valence-electron chi connectivity index (χ1n) is 10.6. The monoisotopic (exact) mass is 388 g/mol. The van der Waals surface area contributed by atoms with E-state index >= 15 is 0 Å². The van der Waals surface area contributed by atoms with Crippen molar-refractivity contribution < 1.29 is 4.39 Å².